The molecule has 1 N–H and O–H groups in total. The molecule has 2 heterocycles. The zero-order chi connectivity index (χ0) is 28.3. The van der Waals surface area contributed by atoms with Crippen LogP contribution >= 0.6 is 23.5 Å². The fraction of sp³-hybridized carbons (Fsp3) is 0.152. The summed E-state index contributed by atoms with van der Waals surface area (Å²) in [6.45, 7) is 2.05. The minimum Gasteiger partial charge on any atom is -0.497 e. The first-order chi connectivity index (χ1) is 20.1. The van der Waals surface area contributed by atoms with E-state index in [0.717, 1.165) is 55.2 Å². The third-order valence-corrected chi connectivity index (χ3v) is 9.34. The van der Waals surface area contributed by atoms with Crippen molar-refractivity contribution >= 4 is 40.8 Å². The summed E-state index contributed by atoms with van der Waals surface area (Å²) in [7, 11) is 3.31. The Balaban J connectivity index is 1.37. The van der Waals surface area contributed by atoms with Crippen LogP contribution in [0.2, 0.25) is 0 Å². The molecule has 0 saturated heterocycles. The van der Waals surface area contributed by atoms with Gasteiger partial charge in [-0.2, -0.15) is 0 Å². The van der Waals surface area contributed by atoms with E-state index < -0.39 is 0 Å². The summed E-state index contributed by atoms with van der Waals surface area (Å²) < 4.78 is 10.7. The van der Waals surface area contributed by atoms with E-state index in [1.165, 1.54) is 11.8 Å². The molecule has 1 aromatic heterocycles. The third-order valence-electron chi connectivity index (χ3n) is 6.98. The first-order valence-corrected chi connectivity index (χ1v) is 15.0. The number of anilines is 2. The standard InChI is InChI=1S/C33H29N3O3S2/c1-4-27(32(37)36-25-9-5-7-11-28(25)40-29-12-8-6-10-26(29)36)41-33-34-30(21-13-17-23(38-2)18-14-21)31(35-33)22-15-19-24(39-3)20-16-22/h5-20,27H,4H2,1-3H3,(H,34,35). The van der Waals surface area contributed by atoms with E-state index in [1.807, 2.05) is 96.8 Å². The van der Waals surface area contributed by atoms with Crippen LogP contribution in [0.15, 0.2) is 112 Å². The molecule has 1 amide bonds. The highest BCUT2D eigenvalue weighted by molar-refractivity contribution is 8.00. The number of imidazole rings is 1. The van der Waals surface area contributed by atoms with Crippen molar-refractivity contribution in [3.63, 3.8) is 0 Å². The number of hydrogen-bond acceptors (Lipinski definition) is 6. The Kier molecular flexibility index (Phi) is 7.76. The number of rotatable bonds is 8. The zero-order valence-electron chi connectivity index (χ0n) is 23.0. The summed E-state index contributed by atoms with van der Waals surface area (Å²) in [6, 6.07) is 31.9. The Hall–Kier alpha value is -4.14. The summed E-state index contributed by atoms with van der Waals surface area (Å²) in [5.74, 6) is 1.60. The van der Waals surface area contributed by atoms with Crippen LogP contribution < -0.4 is 14.4 Å². The monoisotopic (exact) mass is 579 g/mol. The zero-order valence-corrected chi connectivity index (χ0v) is 24.6. The molecule has 0 saturated carbocycles. The Morgan fingerprint density at radius 1 is 0.829 bits per heavy atom. The van der Waals surface area contributed by atoms with Gasteiger partial charge in [-0.3, -0.25) is 9.69 Å². The normalized spacial score (nSPS) is 12.8. The number of carbonyl (C=O) groups is 1. The van der Waals surface area contributed by atoms with Gasteiger partial charge >= 0.3 is 0 Å². The number of nitrogens with one attached hydrogen (secondary N) is 1. The van der Waals surface area contributed by atoms with Gasteiger partial charge in [-0.15, -0.1) is 0 Å². The molecule has 0 aliphatic carbocycles. The van der Waals surface area contributed by atoms with E-state index in [9.17, 15) is 4.79 Å². The van der Waals surface area contributed by atoms with Crippen LogP contribution in [0.1, 0.15) is 13.3 Å². The van der Waals surface area contributed by atoms with Crippen molar-refractivity contribution in [3.8, 4) is 34.0 Å². The van der Waals surface area contributed by atoms with E-state index in [-0.39, 0.29) is 11.2 Å². The maximum Gasteiger partial charge on any atom is 0.245 e. The molecule has 1 atom stereocenters. The number of amides is 1. The van der Waals surface area contributed by atoms with Gasteiger partial charge in [-0.05, 0) is 79.2 Å². The highest BCUT2D eigenvalue weighted by Gasteiger charge is 2.33. The molecule has 0 fully saturated rings. The van der Waals surface area contributed by atoms with Gasteiger partial charge in [0, 0.05) is 20.9 Å². The Labute approximate surface area is 248 Å². The number of nitrogens with zero attached hydrogens (tertiary/aromatic N) is 2. The largest absolute Gasteiger partial charge is 0.497 e. The molecule has 0 radical (unpaired) electrons. The molecule has 0 bridgehead atoms. The van der Waals surface area contributed by atoms with Crippen LogP contribution in [0, 0.1) is 0 Å². The number of methoxy groups -OCH3 is 2. The van der Waals surface area contributed by atoms with E-state index >= 15 is 0 Å². The predicted molar refractivity (Wildman–Crippen MR) is 167 cm³/mol. The molecule has 6 nitrogen and oxygen atoms in total. The maximum absolute atomic E-state index is 14.3. The molecule has 206 valence electrons. The van der Waals surface area contributed by atoms with Gasteiger partial charge in [0.15, 0.2) is 5.16 Å². The molecule has 4 aromatic carbocycles. The van der Waals surface area contributed by atoms with Crippen molar-refractivity contribution < 1.29 is 14.3 Å². The first kappa shape index (κ1) is 27.1. The number of benzene rings is 4. The highest BCUT2D eigenvalue weighted by Crippen LogP contribution is 2.49. The summed E-state index contributed by atoms with van der Waals surface area (Å²) in [5.41, 5.74) is 5.46. The lowest BCUT2D eigenvalue weighted by atomic mass is 10.0. The fourth-order valence-electron chi connectivity index (χ4n) is 4.86. The number of aromatic nitrogens is 2. The number of hydrogen-bond donors (Lipinski definition) is 1. The quantitative estimate of drug-likeness (QED) is 0.186. The lowest BCUT2D eigenvalue weighted by Crippen LogP contribution is -2.35. The van der Waals surface area contributed by atoms with Crippen LogP contribution in [0.25, 0.3) is 22.5 Å². The molecule has 1 aliphatic heterocycles. The molecule has 1 unspecified atom stereocenters. The number of fused-ring (bicyclic) bond motifs is 2. The Bertz CT molecular complexity index is 1570. The van der Waals surface area contributed by atoms with Crippen molar-refractivity contribution in [3.05, 3.63) is 97.1 Å². The van der Waals surface area contributed by atoms with Gasteiger partial charge in [-0.25, -0.2) is 4.98 Å². The second kappa shape index (κ2) is 11.8. The second-order valence-corrected chi connectivity index (χ2v) is 11.7. The van der Waals surface area contributed by atoms with Gasteiger partial charge in [0.1, 0.15) is 11.5 Å². The lowest BCUT2D eigenvalue weighted by molar-refractivity contribution is -0.117. The minimum atomic E-state index is -0.349. The summed E-state index contributed by atoms with van der Waals surface area (Å²) >= 11 is 3.16. The summed E-state index contributed by atoms with van der Waals surface area (Å²) in [5, 5.41) is 0.340. The van der Waals surface area contributed by atoms with Crippen LogP contribution in [0.4, 0.5) is 11.4 Å². The molecule has 5 aromatic rings. The van der Waals surface area contributed by atoms with Crippen LogP contribution in [0.3, 0.4) is 0 Å². The number of carbonyl (C=O) groups excluding carboxylic acids is 1. The van der Waals surface area contributed by atoms with Gasteiger partial charge in [0.25, 0.3) is 0 Å². The Morgan fingerprint density at radius 3 is 1.90 bits per heavy atom. The van der Waals surface area contributed by atoms with Gasteiger partial charge in [0.05, 0.1) is 42.2 Å². The van der Waals surface area contributed by atoms with Crippen molar-refractivity contribution in [1.82, 2.24) is 9.97 Å². The minimum absolute atomic E-state index is 0.0334. The SMILES string of the molecule is CCC(Sc1nc(-c2ccc(OC)cc2)c(-c2ccc(OC)cc2)[nH]1)C(=O)N1c2ccccc2Sc2ccccc21. The van der Waals surface area contributed by atoms with Crippen molar-refractivity contribution in [2.75, 3.05) is 19.1 Å². The second-order valence-electron chi connectivity index (χ2n) is 9.45. The fourth-order valence-corrected chi connectivity index (χ4v) is 6.87. The molecule has 0 spiro atoms. The smallest absolute Gasteiger partial charge is 0.245 e. The van der Waals surface area contributed by atoms with E-state index in [4.69, 9.17) is 14.5 Å². The van der Waals surface area contributed by atoms with E-state index in [2.05, 4.69) is 17.1 Å². The predicted octanol–water partition coefficient (Wildman–Crippen LogP) is 8.46. The van der Waals surface area contributed by atoms with Gasteiger partial charge in [-0.1, -0.05) is 54.7 Å². The number of thioether (sulfide) groups is 1. The average Bonchev–Trinajstić information content (AvgIpc) is 3.46. The average molecular weight is 580 g/mol. The van der Waals surface area contributed by atoms with Gasteiger partial charge < -0.3 is 14.5 Å². The van der Waals surface area contributed by atoms with Crippen molar-refractivity contribution in [2.24, 2.45) is 0 Å². The van der Waals surface area contributed by atoms with Crippen LogP contribution in [-0.2, 0) is 4.79 Å². The summed E-state index contributed by atoms with van der Waals surface area (Å²) in [4.78, 5) is 26.8. The van der Waals surface area contributed by atoms with E-state index in [0.29, 0.717) is 11.6 Å². The van der Waals surface area contributed by atoms with Crippen LogP contribution in [0.5, 0.6) is 11.5 Å². The molecule has 41 heavy (non-hydrogen) atoms. The number of aromatic amines is 1. The summed E-state index contributed by atoms with van der Waals surface area (Å²) in [6.07, 6.45) is 0.647. The topological polar surface area (TPSA) is 67.5 Å². The van der Waals surface area contributed by atoms with E-state index in [1.54, 1.807) is 26.0 Å². The van der Waals surface area contributed by atoms with Crippen molar-refractivity contribution in [2.45, 2.75) is 33.5 Å². The molecule has 6 rings (SSSR count). The number of H-pyrrole nitrogens is 1. The number of para-hydroxylation sites is 2. The first-order valence-electron chi connectivity index (χ1n) is 13.3. The third kappa shape index (κ3) is 5.33. The van der Waals surface area contributed by atoms with Gasteiger partial charge in [0.2, 0.25) is 5.91 Å². The molecular weight excluding hydrogens is 551 g/mol. The lowest BCUT2D eigenvalue weighted by Gasteiger charge is -2.33. The molecular formula is C33H29N3O3S2. The number of ether oxygens (including phenoxy) is 2. The maximum atomic E-state index is 14.3. The molecule has 1 aliphatic rings. The highest BCUT2D eigenvalue weighted by atomic mass is 32.2. The van der Waals surface area contributed by atoms with Crippen molar-refractivity contribution in [1.29, 1.82) is 0 Å². The molecule has 8 heteroatoms. The van der Waals surface area contributed by atoms with Crippen LogP contribution in [-0.4, -0.2) is 35.3 Å². The Morgan fingerprint density at radius 2 is 1.37 bits per heavy atom.